The molecule has 1 N–H and O–H groups in total. The van der Waals surface area contributed by atoms with E-state index >= 15 is 0 Å². The number of nitro groups is 1. The van der Waals surface area contributed by atoms with E-state index in [1.54, 1.807) is 19.1 Å². The van der Waals surface area contributed by atoms with Crippen molar-refractivity contribution < 1.29 is 9.72 Å². The lowest BCUT2D eigenvalue weighted by atomic mass is 10.1. The van der Waals surface area contributed by atoms with E-state index in [1.165, 1.54) is 18.3 Å². The molecule has 1 aromatic heterocycles. The molecule has 0 aliphatic heterocycles. The molecule has 2 aromatic rings. The van der Waals surface area contributed by atoms with E-state index in [1.807, 2.05) is 0 Å². The van der Waals surface area contributed by atoms with Gasteiger partial charge in [-0.25, -0.2) is 4.98 Å². The van der Waals surface area contributed by atoms with Crippen LogP contribution >= 0.6 is 27.5 Å². The van der Waals surface area contributed by atoms with Crippen LogP contribution in [0.25, 0.3) is 0 Å². The first-order chi connectivity index (χ1) is 9.90. The van der Waals surface area contributed by atoms with Crippen LogP contribution in [0.4, 0.5) is 11.4 Å². The fourth-order valence-corrected chi connectivity index (χ4v) is 2.28. The zero-order valence-electron chi connectivity index (χ0n) is 10.8. The summed E-state index contributed by atoms with van der Waals surface area (Å²) in [4.78, 5) is 26.6. The van der Waals surface area contributed by atoms with Crippen LogP contribution in [0.2, 0.25) is 5.15 Å². The molecule has 0 unspecified atom stereocenters. The Hall–Kier alpha value is -1.99. The number of nitrogens with zero attached hydrogens (tertiary/aromatic N) is 2. The Labute approximate surface area is 133 Å². The molecule has 0 saturated carbocycles. The van der Waals surface area contributed by atoms with Gasteiger partial charge in [0, 0.05) is 16.7 Å². The van der Waals surface area contributed by atoms with Gasteiger partial charge in [0.1, 0.15) is 5.56 Å². The predicted molar refractivity (Wildman–Crippen MR) is 82.7 cm³/mol. The number of aromatic nitrogens is 1. The van der Waals surface area contributed by atoms with Crippen LogP contribution in [0.15, 0.2) is 34.9 Å². The third kappa shape index (κ3) is 3.37. The lowest BCUT2D eigenvalue weighted by Gasteiger charge is -2.09. The number of benzene rings is 1. The molecule has 6 nitrogen and oxygen atoms in total. The van der Waals surface area contributed by atoms with Crippen LogP contribution in [0, 0.1) is 17.0 Å². The number of nitro benzene ring substituents is 1. The number of nitrogens with one attached hydrogen (secondary N) is 1. The first-order valence-corrected chi connectivity index (χ1v) is 6.93. The minimum atomic E-state index is -0.610. The van der Waals surface area contributed by atoms with E-state index in [9.17, 15) is 14.9 Å². The molecule has 0 aliphatic rings. The number of aryl methyl sites for hydroxylation is 1. The summed E-state index contributed by atoms with van der Waals surface area (Å²) in [7, 11) is 0. The molecule has 108 valence electrons. The predicted octanol–water partition coefficient (Wildman–Crippen LogP) is 3.97. The molecule has 8 heteroatoms. The van der Waals surface area contributed by atoms with Gasteiger partial charge in [-0.1, -0.05) is 23.7 Å². The molecule has 0 saturated heterocycles. The van der Waals surface area contributed by atoms with Crippen LogP contribution in [0.3, 0.4) is 0 Å². The van der Waals surface area contributed by atoms with E-state index in [0.29, 0.717) is 10.0 Å². The Morgan fingerprint density at radius 2 is 2.19 bits per heavy atom. The molecule has 0 atom stereocenters. The fourth-order valence-electron chi connectivity index (χ4n) is 1.79. The summed E-state index contributed by atoms with van der Waals surface area (Å²) >= 11 is 9.10. The first kappa shape index (κ1) is 15.4. The van der Waals surface area contributed by atoms with Gasteiger partial charge < -0.3 is 5.32 Å². The van der Waals surface area contributed by atoms with E-state index in [2.05, 4.69) is 26.2 Å². The molecule has 0 spiro atoms. The minimum absolute atomic E-state index is 0.00135. The Kier molecular flexibility index (Phi) is 4.54. The molecule has 0 bridgehead atoms. The summed E-state index contributed by atoms with van der Waals surface area (Å²) in [5.74, 6) is -0.610. The topological polar surface area (TPSA) is 85.1 Å². The third-order valence-corrected chi connectivity index (χ3v) is 3.46. The van der Waals surface area contributed by atoms with E-state index < -0.39 is 10.8 Å². The molecule has 21 heavy (non-hydrogen) atoms. The number of carbonyl (C=O) groups is 1. The number of pyridine rings is 1. The molecule has 1 heterocycles. The van der Waals surface area contributed by atoms with Crippen molar-refractivity contribution in [3.8, 4) is 0 Å². The van der Waals surface area contributed by atoms with Crippen molar-refractivity contribution in [2.45, 2.75) is 6.92 Å². The Bertz CT molecular complexity index is 737. The maximum atomic E-state index is 12.3. The Balaban J connectivity index is 2.42. The largest absolute Gasteiger partial charge is 0.319 e. The second kappa shape index (κ2) is 6.19. The number of hydrogen-bond acceptors (Lipinski definition) is 4. The SMILES string of the molecule is Cc1cccc([N+](=O)[O-])c1C(=O)Nc1cc(Br)cnc1Cl. The smallest absolute Gasteiger partial charge is 0.282 e. The Morgan fingerprint density at radius 3 is 2.86 bits per heavy atom. The summed E-state index contributed by atoms with van der Waals surface area (Å²) in [6, 6.07) is 6.00. The highest BCUT2D eigenvalue weighted by Crippen LogP contribution is 2.26. The van der Waals surface area contributed by atoms with Gasteiger partial charge >= 0.3 is 0 Å². The molecule has 0 radical (unpaired) electrons. The quantitative estimate of drug-likeness (QED) is 0.503. The van der Waals surface area contributed by atoms with Gasteiger partial charge in [0.15, 0.2) is 5.15 Å². The average molecular weight is 371 g/mol. The van der Waals surface area contributed by atoms with Crippen LogP contribution in [0.1, 0.15) is 15.9 Å². The highest BCUT2D eigenvalue weighted by molar-refractivity contribution is 9.10. The monoisotopic (exact) mass is 369 g/mol. The zero-order valence-corrected chi connectivity index (χ0v) is 13.1. The highest BCUT2D eigenvalue weighted by atomic mass is 79.9. The number of hydrogen-bond donors (Lipinski definition) is 1. The standard InChI is InChI=1S/C13H9BrClN3O3/c1-7-3-2-4-10(18(20)21)11(7)13(19)17-9-5-8(14)6-16-12(9)15/h2-6H,1H3,(H,17,19). The minimum Gasteiger partial charge on any atom is -0.319 e. The van der Waals surface area contributed by atoms with Gasteiger partial charge in [0.05, 0.1) is 10.6 Å². The van der Waals surface area contributed by atoms with Crippen molar-refractivity contribution in [1.29, 1.82) is 0 Å². The molecule has 1 amide bonds. The maximum absolute atomic E-state index is 12.3. The number of amides is 1. The summed E-state index contributed by atoms with van der Waals surface area (Å²) < 4.78 is 0.626. The molecule has 0 aliphatic carbocycles. The number of rotatable bonds is 3. The van der Waals surface area contributed by atoms with Crippen LogP contribution in [0.5, 0.6) is 0 Å². The Morgan fingerprint density at radius 1 is 1.48 bits per heavy atom. The van der Waals surface area contributed by atoms with Gasteiger partial charge in [-0.15, -0.1) is 0 Å². The maximum Gasteiger partial charge on any atom is 0.282 e. The van der Waals surface area contributed by atoms with E-state index in [4.69, 9.17) is 11.6 Å². The van der Waals surface area contributed by atoms with Crippen molar-refractivity contribution in [2.75, 3.05) is 5.32 Å². The van der Waals surface area contributed by atoms with Crippen LogP contribution in [-0.4, -0.2) is 15.8 Å². The number of carbonyl (C=O) groups excluding carboxylic acids is 1. The van der Waals surface area contributed by atoms with Gasteiger partial charge in [0.25, 0.3) is 11.6 Å². The molecule has 1 aromatic carbocycles. The summed E-state index contributed by atoms with van der Waals surface area (Å²) in [5, 5.41) is 13.7. The van der Waals surface area contributed by atoms with Crippen molar-refractivity contribution in [3.63, 3.8) is 0 Å². The fraction of sp³-hybridized carbons (Fsp3) is 0.0769. The van der Waals surface area contributed by atoms with Gasteiger partial charge in [0.2, 0.25) is 0 Å². The van der Waals surface area contributed by atoms with E-state index in [-0.39, 0.29) is 22.1 Å². The summed E-state index contributed by atoms with van der Waals surface area (Å²) in [6.45, 7) is 1.63. The van der Waals surface area contributed by atoms with Gasteiger partial charge in [-0.3, -0.25) is 14.9 Å². The molecule has 2 rings (SSSR count). The van der Waals surface area contributed by atoms with Crippen molar-refractivity contribution >= 4 is 44.8 Å². The summed E-state index contributed by atoms with van der Waals surface area (Å²) in [5.41, 5.74) is 0.513. The van der Waals surface area contributed by atoms with Crippen molar-refractivity contribution in [3.05, 3.63) is 61.3 Å². The van der Waals surface area contributed by atoms with Crippen molar-refractivity contribution in [2.24, 2.45) is 0 Å². The first-order valence-electron chi connectivity index (χ1n) is 5.76. The second-order valence-electron chi connectivity index (χ2n) is 4.17. The van der Waals surface area contributed by atoms with Crippen LogP contribution in [-0.2, 0) is 0 Å². The number of anilines is 1. The van der Waals surface area contributed by atoms with Gasteiger partial charge in [-0.05, 0) is 34.5 Å². The third-order valence-electron chi connectivity index (χ3n) is 2.73. The second-order valence-corrected chi connectivity index (χ2v) is 5.45. The normalized spacial score (nSPS) is 10.2. The average Bonchev–Trinajstić information content (AvgIpc) is 2.42. The van der Waals surface area contributed by atoms with Crippen LogP contribution < -0.4 is 5.32 Å². The molecule has 0 fully saturated rings. The van der Waals surface area contributed by atoms with Crippen molar-refractivity contribution in [1.82, 2.24) is 4.98 Å². The highest BCUT2D eigenvalue weighted by Gasteiger charge is 2.22. The molecular weight excluding hydrogens is 362 g/mol. The lowest BCUT2D eigenvalue weighted by molar-refractivity contribution is -0.385. The lowest BCUT2D eigenvalue weighted by Crippen LogP contribution is -2.16. The zero-order chi connectivity index (χ0) is 15.6. The number of halogens is 2. The van der Waals surface area contributed by atoms with Gasteiger partial charge in [-0.2, -0.15) is 0 Å². The molecular formula is C13H9BrClN3O3. The van der Waals surface area contributed by atoms with E-state index in [0.717, 1.165) is 0 Å². The summed E-state index contributed by atoms with van der Waals surface area (Å²) in [6.07, 6.45) is 1.48.